The maximum absolute atomic E-state index is 11.4. The third-order valence-electron chi connectivity index (χ3n) is 2.84. The van der Waals surface area contributed by atoms with Crippen molar-refractivity contribution in [3.63, 3.8) is 0 Å². The molecule has 0 aromatic heterocycles. The zero-order valence-electron chi connectivity index (χ0n) is 13.7. The zero-order valence-corrected chi connectivity index (χ0v) is 14.6. The van der Waals surface area contributed by atoms with E-state index in [-0.39, 0.29) is 18.2 Å². The highest BCUT2D eigenvalue weighted by molar-refractivity contribution is 7.57. The van der Waals surface area contributed by atoms with E-state index in [0.717, 1.165) is 0 Å². The average molecular weight is 348 g/mol. The summed E-state index contributed by atoms with van der Waals surface area (Å²) in [6.07, 6.45) is 0. The van der Waals surface area contributed by atoms with Crippen LogP contribution in [0.2, 0.25) is 0 Å². The molecule has 0 aliphatic rings. The maximum atomic E-state index is 11.4. The predicted molar refractivity (Wildman–Crippen MR) is 94.0 cm³/mol. The van der Waals surface area contributed by atoms with Crippen molar-refractivity contribution in [2.24, 2.45) is 0 Å². The van der Waals surface area contributed by atoms with E-state index in [2.05, 4.69) is 0 Å². The van der Waals surface area contributed by atoms with Gasteiger partial charge >= 0.3 is 0 Å². The van der Waals surface area contributed by atoms with Crippen LogP contribution in [-0.2, 0) is 9.09 Å². The van der Waals surface area contributed by atoms with Gasteiger partial charge in [0.25, 0.3) is 0 Å². The number of aliphatic hydroxyl groups excluding tert-OH is 1. The molecule has 128 valence electrons. The molecule has 6 heteroatoms. The molecule has 0 unspecified atom stereocenters. The SMILES string of the molecule is CP(C)(=O)OCC(=O)c1ccccc1.O=C(CO)c1ccccc1. The summed E-state index contributed by atoms with van der Waals surface area (Å²) in [7, 11) is -2.56. The van der Waals surface area contributed by atoms with Gasteiger partial charge < -0.3 is 9.63 Å². The second-order valence-electron chi connectivity index (χ2n) is 5.26. The molecule has 5 nitrogen and oxygen atoms in total. The molecule has 2 aromatic carbocycles. The monoisotopic (exact) mass is 348 g/mol. The van der Waals surface area contributed by atoms with Gasteiger partial charge in [-0.05, 0) is 0 Å². The Bertz CT molecular complexity index is 692. The highest BCUT2D eigenvalue weighted by Crippen LogP contribution is 2.36. The number of rotatable bonds is 6. The van der Waals surface area contributed by atoms with E-state index in [0.29, 0.717) is 11.1 Å². The zero-order chi connectivity index (χ0) is 18.0. The Morgan fingerprint density at radius 2 is 1.29 bits per heavy atom. The van der Waals surface area contributed by atoms with Crippen LogP contribution in [0.4, 0.5) is 0 Å². The van der Waals surface area contributed by atoms with Gasteiger partial charge in [-0.15, -0.1) is 0 Å². The van der Waals surface area contributed by atoms with Crippen molar-refractivity contribution >= 4 is 18.9 Å². The first-order chi connectivity index (χ1) is 11.3. The second kappa shape index (κ2) is 9.93. The quantitative estimate of drug-likeness (QED) is 0.640. The van der Waals surface area contributed by atoms with Gasteiger partial charge in [-0.25, -0.2) is 0 Å². The highest BCUT2D eigenvalue weighted by Gasteiger charge is 2.11. The number of hydrogen-bond acceptors (Lipinski definition) is 5. The van der Waals surface area contributed by atoms with Crippen LogP contribution in [0.1, 0.15) is 20.7 Å². The summed E-state index contributed by atoms with van der Waals surface area (Å²) in [5.74, 6) is -0.380. The highest BCUT2D eigenvalue weighted by atomic mass is 31.2. The number of aliphatic hydroxyl groups is 1. The van der Waals surface area contributed by atoms with Crippen molar-refractivity contribution in [3.05, 3.63) is 71.8 Å². The van der Waals surface area contributed by atoms with E-state index in [1.54, 1.807) is 48.5 Å². The Hall–Kier alpha value is -2.07. The molecular formula is C18H21O5P. The van der Waals surface area contributed by atoms with Crippen LogP contribution in [0.3, 0.4) is 0 Å². The predicted octanol–water partition coefficient (Wildman–Crippen LogP) is 3.29. The van der Waals surface area contributed by atoms with E-state index in [4.69, 9.17) is 9.63 Å². The van der Waals surface area contributed by atoms with Gasteiger partial charge in [0.2, 0.25) is 0 Å². The van der Waals surface area contributed by atoms with E-state index in [9.17, 15) is 14.2 Å². The molecule has 0 saturated carbocycles. The molecule has 0 saturated heterocycles. The lowest BCUT2D eigenvalue weighted by Crippen LogP contribution is -2.07. The molecule has 0 fully saturated rings. The lowest BCUT2D eigenvalue weighted by Gasteiger charge is -2.06. The fraction of sp³-hybridized carbons (Fsp3) is 0.222. The molecule has 0 aliphatic heterocycles. The first kappa shape index (κ1) is 20.0. The van der Waals surface area contributed by atoms with Gasteiger partial charge in [0, 0.05) is 24.5 Å². The third-order valence-corrected chi connectivity index (χ3v) is 3.59. The Morgan fingerprint density at radius 3 is 1.67 bits per heavy atom. The Kier molecular flexibility index (Phi) is 8.27. The number of Topliss-reactive ketones (excluding diaryl/α,β-unsaturated/α-hetero) is 2. The Labute approximate surface area is 141 Å². The average Bonchev–Trinajstić information content (AvgIpc) is 2.60. The van der Waals surface area contributed by atoms with E-state index >= 15 is 0 Å². The second-order valence-corrected chi connectivity index (χ2v) is 8.02. The van der Waals surface area contributed by atoms with Gasteiger partial charge in [0.15, 0.2) is 18.9 Å². The van der Waals surface area contributed by atoms with Crippen LogP contribution in [0.25, 0.3) is 0 Å². The summed E-state index contributed by atoms with van der Waals surface area (Å²) in [5, 5.41) is 8.44. The summed E-state index contributed by atoms with van der Waals surface area (Å²) in [6.45, 7) is 2.45. The third kappa shape index (κ3) is 7.97. The topological polar surface area (TPSA) is 80.7 Å². The molecule has 0 radical (unpaired) electrons. The Balaban J connectivity index is 0.000000254. The molecule has 0 aliphatic carbocycles. The number of benzene rings is 2. The minimum Gasteiger partial charge on any atom is -0.388 e. The van der Waals surface area contributed by atoms with Crippen molar-refractivity contribution in [1.29, 1.82) is 0 Å². The van der Waals surface area contributed by atoms with Gasteiger partial charge in [0.05, 0.1) is 0 Å². The lowest BCUT2D eigenvalue weighted by atomic mass is 10.1. The molecule has 0 bridgehead atoms. The Morgan fingerprint density at radius 1 is 0.875 bits per heavy atom. The fourth-order valence-corrected chi connectivity index (χ4v) is 2.06. The summed E-state index contributed by atoms with van der Waals surface area (Å²) in [6, 6.07) is 17.5. The molecular weight excluding hydrogens is 327 g/mol. The van der Waals surface area contributed by atoms with E-state index in [1.165, 1.54) is 13.3 Å². The van der Waals surface area contributed by atoms with Crippen LogP contribution in [0.5, 0.6) is 0 Å². The first-order valence-corrected chi connectivity index (χ1v) is 9.82. The first-order valence-electron chi connectivity index (χ1n) is 7.30. The largest absolute Gasteiger partial charge is 0.388 e. The van der Waals surface area contributed by atoms with Crippen molar-refractivity contribution in [2.45, 2.75) is 0 Å². The number of ketones is 2. The maximum Gasteiger partial charge on any atom is 0.197 e. The van der Waals surface area contributed by atoms with Crippen molar-refractivity contribution in [3.8, 4) is 0 Å². The van der Waals surface area contributed by atoms with Crippen LogP contribution < -0.4 is 0 Å². The molecule has 24 heavy (non-hydrogen) atoms. The van der Waals surface area contributed by atoms with Gasteiger partial charge in [-0.2, -0.15) is 0 Å². The van der Waals surface area contributed by atoms with Gasteiger partial charge in [-0.3, -0.25) is 14.2 Å². The minimum absolute atomic E-state index is 0.117. The summed E-state index contributed by atoms with van der Waals surface area (Å²) >= 11 is 0. The molecule has 0 amide bonds. The standard InChI is InChI=1S/C10H13O3P.C8H8O2/c1-14(2,12)13-8-10(11)9-6-4-3-5-7-9;9-6-8(10)7-4-2-1-3-5-7/h3-7H,8H2,1-2H3;1-5,9H,6H2. The van der Waals surface area contributed by atoms with Crippen molar-refractivity contribution in [2.75, 3.05) is 26.5 Å². The summed E-state index contributed by atoms with van der Waals surface area (Å²) in [4.78, 5) is 22.2. The molecule has 0 atom stereocenters. The number of carbonyl (C=O) groups is 2. The van der Waals surface area contributed by atoms with Crippen LogP contribution in [0.15, 0.2) is 60.7 Å². The van der Waals surface area contributed by atoms with Crippen molar-refractivity contribution in [1.82, 2.24) is 0 Å². The lowest BCUT2D eigenvalue weighted by molar-refractivity contribution is 0.0902. The van der Waals surface area contributed by atoms with E-state index in [1.807, 2.05) is 12.1 Å². The number of hydrogen-bond donors (Lipinski definition) is 1. The number of carbonyl (C=O) groups excluding carboxylic acids is 2. The smallest absolute Gasteiger partial charge is 0.197 e. The van der Waals surface area contributed by atoms with Crippen LogP contribution in [0, 0.1) is 0 Å². The van der Waals surface area contributed by atoms with Gasteiger partial charge in [0.1, 0.15) is 13.2 Å². The fourth-order valence-electron chi connectivity index (χ4n) is 1.64. The summed E-state index contributed by atoms with van der Waals surface area (Å²) in [5.41, 5.74) is 1.14. The van der Waals surface area contributed by atoms with E-state index < -0.39 is 14.0 Å². The molecule has 2 rings (SSSR count). The molecule has 0 heterocycles. The van der Waals surface area contributed by atoms with Crippen LogP contribution in [-0.4, -0.2) is 43.2 Å². The molecule has 0 spiro atoms. The minimum atomic E-state index is -2.56. The van der Waals surface area contributed by atoms with Gasteiger partial charge in [-0.1, -0.05) is 60.7 Å². The molecule has 2 aromatic rings. The van der Waals surface area contributed by atoms with Crippen molar-refractivity contribution < 1.29 is 23.8 Å². The summed E-state index contributed by atoms with van der Waals surface area (Å²) < 4.78 is 16.1. The molecule has 1 N–H and O–H groups in total. The normalized spacial score (nSPS) is 10.5. The van der Waals surface area contributed by atoms with Crippen LogP contribution >= 0.6 is 7.37 Å².